The largest absolute Gasteiger partial charge is 0.313 e. The maximum Gasteiger partial charge on any atom is 0.232 e. The van der Waals surface area contributed by atoms with Gasteiger partial charge in [0.1, 0.15) is 5.82 Å². The Hall–Kier alpha value is -2.41. The van der Waals surface area contributed by atoms with Crippen molar-refractivity contribution in [2.45, 2.75) is 20.3 Å². The Labute approximate surface area is 154 Å². The van der Waals surface area contributed by atoms with E-state index in [-0.39, 0.29) is 24.6 Å². The Morgan fingerprint density at radius 1 is 1.12 bits per heavy atom. The van der Waals surface area contributed by atoms with Crippen LogP contribution in [0.2, 0.25) is 0 Å². The summed E-state index contributed by atoms with van der Waals surface area (Å²) in [6.07, 6.45) is 0.950. The summed E-state index contributed by atoms with van der Waals surface area (Å²) in [6.45, 7) is 4.12. The molecule has 0 saturated heterocycles. The molecule has 0 radical (unpaired) electrons. The molecule has 0 atom stereocenters. The molecule has 0 heterocycles. The molecular weight excluding hydrogens is 355 g/mol. The smallest absolute Gasteiger partial charge is 0.232 e. The summed E-state index contributed by atoms with van der Waals surface area (Å²) in [6, 6.07) is 13.2. The van der Waals surface area contributed by atoms with Crippen molar-refractivity contribution in [3.05, 3.63) is 59.9 Å². The first-order chi connectivity index (χ1) is 12.2. The second kappa shape index (κ2) is 8.31. The van der Waals surface area contributed by atoms with E-state index in [2.05, 4.69) is 0 Å². The third-order valence-corrected chi connectivity index (χ3v) is 5.16. The molecule has 0 aromatic heterocycles. The predicted molar refractivity (Wildman–Crippen MR) is 102 cm³/mol. The fourth-order valence-corrected chi connectivity index (χ4v) is 3.68. The van der Waals surface area contributed by atoms with Crippen LogP contribution in [0, 0.1) is 12.7 Å². The monoisotopic (exact) mass is 378 g/mol. The summed E-state index contributed by atoms with van der Waals surface area (Å²) in [7, 11) is -3.72. The summed E-state index contributed by atoms with van der Waals surface area (Å²) < 4.78 is 39.1. The third-order valence-electron chi connectivity index (χ3n) is 3.98. The molecule has 0 aliphatic heterocycles. The number of halogens is 1. The molecule has 0 aliphatic rings. The predicted octanol–water partition coefficient (Wildman–Crippen LogP) is 3.34. The lowest BCUT2D eigenvalue weighted by Crippen LogP contribution is -2.37. The maximum absolute atomic E-state index is 14.0. The minimum atomic E-state index is -3.72. The number of hydrogen-bond donors (Lipinski definition) is 0. The van der Waals surface area contributed by atoms with Gasteiger partial charge in [0, 0.05) is 25.2 Å². The first kappa shape index (κ1) is 19.9. The van der Waals surface area contributed by atoms with E-state index in [1.165, 1.54) is 18.2 Å². The van der Waals surface area contributed by atoms with Crippen molar-refractivity contribution in [2.75, 3.05) is 28.6 Å². The lowest BCUT2D eigenvalue weighted by atomic mass is 10.2. The third kappa shape index (κ3) is 4.82. The Morgan fingerprint density at radius 3 is 2.38 bits per heavy atom. The van der Waals surface area contributed by atoms with Gasteiger partial charge in [-0.25, -0.2) is 12.8 Å². The van der Waals surface area contributed by atoms with E-state index in [4.69, 9.17) is 0 Å². The molecule has 26 heavy (non-hydrogen) atoms. The number of sulfonamides is 1. The molecular formula is C19H23FN2O3S. The number of anilines is 2. The average Bonchev–Trinajstić information content (AvgIpc) is 2.56. The molecule has 0 aliphatic carbocycles. The summed E-state index contributed by atoms with van der Waals surface area (Å²) in [4.78, 5) is 14.2. The number of carbonyl (C=O) groups excluding carboxylic acids is 1. The summed E-state index contributed by atoms with van der Waals surface area (Å²) >= 11 is 0. The molecule has 0 spiro atoms. The first-order valence-electron chi connectivity index (χ1n) is 8.33. The minimum Gasteiger partial charge on any atom is -0.313 e. The molecule has 0 bridgehead atoms. The van der Waals surface area contributed by atoms with Crippen LogP contribution >= 0.6 is 0 Å². The van der Waals surface area contributed by atoms with Gasteiger partial charge in [-0.15, -0.1) is 0 Å². The average molecular weight is 378 g/mol. The van der Waals surface area contributed by atoms with Crippen LogP contribution in [0.3, 0.4) is 0 Å². The van der Waals surface area contributed by atoms with E-state index in [9.17, 15) is 17.6 Å². The van der Waals surface area contributed by atoms with Gasteiger partial charge in [-0.1, -0.05) is 24.3 Å². The van der Waals surface area contributed by atoms with Crippen LogP contribution in [-0.4, -0.2) is 33.7 Å². The summed E-state index contributed by atoms with van der Waals surface area (Å²) in [5.41, 5.74) is 1.73. The van der Waals surface area contributed by atoms with E-state index < -0.39 is 15.8 Å². The standard InChI is InChI=1S/C19H23FN2O3S/c1-4-21(16-9-7-8-15(2)14-16)19(23)12-13-22(26(3,24)25)18-11-6-5-10-17(18)20/h5-11,14H,4,12-13H2,1-3H3. The zero-order valence-electron chi connectivity index (χ0n) is 15.1. The summed E-state index contributed by atoms with van der Waals surface area (Å²) in [5, 5.41) is 0. The van der Waals surface area contributed by atoms with E-state index >= 15 is 0 Å². The van der Waals surface area contributed by atoms with Crippen molar-refractivity contribution in [1.29, 1.82) is 0 Å². The molecule has 2 rings (SSSR count). The van der Waals surface area contributed by atoms with Gasteiger partial charge < -0.3 is 4.90 Å². The van der Waals surface area contributed by atoms with Crippen LogP contribution in [0.1, 0.15) is 18.9 Å². The van der Waals surface area contributed by atoms with Crippen LogP contribution in [0.15, 0.2) is 48.5 Å². The van der Waals surface area contributed by atoms with E-state index in [0.29, 0.717) is 6.54 Å². The number of benzene rings is 2. The molecule has 140 valence electrons. The molecule has 2 aromatic rings. The Balaban J connectivity index is 2.20. The highest BCUT2D eigenvalue weighted by Crippen LogP contribution is 2.22. The number of aryl methyl sites for hydroxylation is 1. The van der Waals surface area contributed by atoms with Gasteiger partial charge in [0.05, 0.1) is 11.9 Å². The van der Waals surface area contributed by atoms with Gasteiger partial charge in [0.15, 0.2) is 0 Å². The van der Waals surface area contributed by atoms with Gasteiger partial charge in [0.25, 0.3) is 0 Å². The number of amides is 1. The molecule has 0 unspecified atom stereocenters. The molecule has 1 amide bonds. The second-order valence-corrected chi connectivity index (χ2v) is 7.92. The van der Waals surface area contributed by atoms with Crippen molar-refractivity contribution in [2.24, 2.45) is 0 Å². The molecule has 0 saturated carbocycles. The van der Waals surface area contributed by atoms with Crippen LogP contribution in [-0.2, 0) is 14.8 Å². The Morgan fingerprint density at radius 2 is 1.81 bits per heavy atom. The zero-order chi connectivity index (χ0) is 19.3. The highest BCUT2D eigenvalue weighted by Gasteiger charge is 2.23. The number of para-hydroxylation sites is 1. The number of rotatable bonds is 7. The number of nitrogens with zero attached hydrogens (tertiary/aromatic N) is 2. The Bertz CT molecular complexity index is 884. The van der Waals surface area contributed by atoms with Gasteiger partial charge in [0.2, 0.25) is 15.9 Å². The fraction of sp³-hybridized carbons (Fsp3) is 0.316. The topological polar surface area (TPSA) is 57.7 Å². The minimum absolute atomic E-state index is 0.0524. The lowest BCUT2D eigenvalue weighted by Gasteiger charge is -2.25. The van der Waals surface area contributed by atoms with Gasteiger partial charge in [-0.05, 0) is 43.7 Å². The quantitative estimate of drug-likeness (QED) is 0.742. The van der Waals surface area contributed by atoms with Crippen LogP contribution in [0.25, 0.3) is 0 Å². The van der Waals surface area contributed by atoms with E-state index in [1.807, 2.05) is 38.1 Å². The second-order valence-electron chi connectivity index (χ2n) is 6.01. The lowest BCUT2D eigenvalue weighted by molar-refractivity contribution is -0.118. The van der Waals surface area contributed by atoms with Gasteiger partial charge in [-0.2, -0.15) is 0 Å². The Kier molecular flexibility index (Phi) is 6.37. The fourth-order valence-electron chi connectivity index (χ4n) is 2.75. The maximum atomic E-state index is 14.0. The molecule has 0 N–H and O–H groups in total. The highest BCUT2D eigenvalue weighted by atomic mass is 32.2. The van der Waals surface area contributed by atoms with Gasteiger partial charge >= 0.3 is 0 Å². The van der Waals surface area contributed by atoms with Crippen molar-refractivity contribution in [3.63, 3.8) is 0 Å². The van der Waals surface area contributed by atoms with Crippen LogP contribution < -0.4 is 9.21 Å². The van der Waals surface area contributed by atoms with Crippen molar-refractivity contribution >= 4 is 27.3 Å². The number of carbonyl (C=O) groups is 1. The highest BCUT2D eigenvalue weighted by molar-refractivity contribution is 7.92. The summed E-state index contributed by atoms with van der Waals surface area (Å²) in [5.74, 6) is -0.862. The number of hydrogen-bond acceptors (Lipinski definition) is 3. The van der Waals surface area contributed by atoms with Crippen LogP contribution in [0.4, 0.5) is 15.8 Å². The molecule has 2 aromatic carbocycles. The normalized spacial score (nSPS) is 11.2. The van der Waals surface area contributed by atoms with Crippen molar-refractivity contribution < 1.29 is 17.6 Å². The van der Waals surface area contributed by atoms with Crippen molar-refractivity contribution in [1.82, 2.24) is 0 Å². The van der Waals surface area contributed by atoms with Gasteiger partial charge in [-0.3, -0.25) is 9.10 Å². The SMILES string of the molecule is CCN(C(=O)CCN(c1ccccc1F)S(C)(=O)=O)c1cccc(C)c1. The van der Waals surface area contributed by atoms with Crippen LogP contribution in [0.5, 0.6) is 0 Å². The van der Waals surface area contributed by atoms with E-state index in [1.54, 1.807) is 11.0 Å². The zero-order valence-corrected chi connectivity index (χ0v) is 16.0. The molecule has 0 fully saturated rings. The van der Waals surface area contributed by atoms with Crippen molar-refractivity contribution in [3.8, 4) is 0 Å². The van der Waals surface area contributed by atoms with E-state index in [0.717, 1.165) is 21.8 Å². The molecule has 7 heteroatoms. The molecule has 5 nitrogen and oxygen atoms in total. The first-order valence-corrected chi connectivity index (χ1v) is 10.2.